The largest absolute Gasteiger partial charge is 0.325 e. The van der Waals surface area contributed by atoms with Crippen LogP contribution in [-0.4, -0.2) is 16.1 Å². The van der Waals surface area contributed by atoms with Crippen molar-refractivity contribution < 1.29 is 4.79 Å². The molecule has 0 bridgehead atoms. The molecular formula is C20H21ClN2OS2. The highest BCUT2D eigenvalue weighted by atomic mass is 35.5. The van der Waals surface area contributed by atoms with Crippen molar-refractivity contribution in [3.05, 3.63) is 53.1 Å². The summed E-state index contributed by atoms with van der Waals surface area (Å²) in [6, 6.07) is 13.7. The Morgan fingerprint density at radius 3 is 2.81 bits per heavy atom. The van der Waals surface area contributed by atoms with Gasteiger partial charge in [0.25, 0.3) is 0 Å². The average molecular weight is 405 g/mol. The van der Waals surface area contributed by atoms with Crippen molar-refractivity contribution in [2.24, 2.45) is 0 Å². The Bertz CT molecular complexity index is 925. The van der Waals surface area contributed by atoms with Gasteiger partial charge in [0.2, 0.25) is 5.91 Å². The van der Waals surface area contributed by atoms with Gasteiger partial charge in [-0.2, -0.15) is 0 Å². The van der Waals surface area contributed by atoms with Crippen molar-refractivity contribution in [2.45, 2.75) is 42.7 Å². The molecular weight excluding hydrogens is 384 g/mol. The third-order valence-electron chi connectivity index (χ3n) is 4.34. The Kier molecular flexibility index (Phi) is 6.22. The average Bonchev–Trinajstić information content (AvgIpc) is 3.02. The summed E-state index contributed by atoms with van der Waals surface area (Å²) >= 11 is 9.08. The van der Waals surface area contributed by atoms with Crippen molar-refractivity contribution in [3.63, 3.8) is 0 Å². The molecule has 0 fully saturated rings. The first kappa shape index (κ1) is 19.2. The Morgan fingerprint density at radius 1 is 1.27 bits per heavy atom. The van der Waals surface area contributed by atoms with E-state index in [0.29, 0.717) is 10.9 Å². The minimum atomic E-state index is -0.240. The molecule has 0 unspecified atom stereocenters. The lowest BCUT2D eigenvalue weighted by Crippen LogP contribution is -2.23. The van der Waals surface area contributed by atoms with Crippen LogP contribution in [0.5, 0.6) is 0 Å². The van der Waals surface area contributed by atoms with E-state index in [1.165, 1.54) is 17.3 Å². The van der Waals surface area contributed by atoms with Gasteiger partial charge < -0.3 is 5.32 Å². The fourth-order valence-electron chi connectivity index (χ4n) is 2.63. The monoisotopic (exact) mass is 404 g/mol. The highest BCUT2D eigenvalue weighted by Gasteiger charge is 2.19. The molecule has 3 nitrogen and oxygen atoms in total. The molecule has 0 saturated carbocycles. The molecule has 0 spiro atoms. The number of nitrogens with zero attached hydrogens (tertiary/aromatic N) is 1. The highest BCUT2D eigenvalue weighted by Crippen LogP contribution is 2.34. The molecule has 1 aromatic heterocycles. The predicted octanol–water partition coefficient (Wildman–Crippen LogP) is 6.58. The summed E-state index contributed by atoms with van der Waals surface area (Å²) in [6.45, 7) is 6.24. The molecule has 1 amide bonds. The number of fused-ring (bicyclic) bond motifs is 1. The summed E-state index contributed by atoms with van der Waals surface area (Å²) in [5.74, 6) is 0.395. The summed E-state index contributed by atoms with van der Waals surface area (Å²) in [4.78, 5) is 17.3. The number of nitrogens with one attached hydrogen (secondary N) is 1. The maximum atomic E-state index is 12.7. The number of aromatic nitrogens is 1. The number of rotatable bonds is 6. The fourth-order valence-corrected chi connectivity index (χ4v) is 4.99. The number of amides is 1. The maximum absolute atomic E-state index is 12.7. The molecule has 2 aromatic carbocycles. The van der Waals surface area contributed by atoms with Crippen LogP contribution in [0, 0.1) is 0 Å². The summed E-state index contributed by atoms with van der Waals surface area (Å²) in [5, 5.41) is 3.52. The summed E-state index contributed by atoms with van der Waals surface area (Å²) in [6.07, 6.45) is 1.03. The van der Waals surface area contributed by atoms with Crippen LogP contribution in [0.4, 0.5) is 5.69 Å². The van der Waals surface area contributed by atoms with Crippen molar-refractivity contribution >= 4 is 56.5 Å². The minimum Gasteiger partial charge on any atom is -0.325 e. The fraction of sp³-hybridized carbons (Fsp3) is 0.300. The van der Waals surface area contributed by atoms with Gasteiger partial charge in [-0.05, 0) is 49.1 Å². The number of para-hydroxylation sites is 1. The molecule has 1 heterocycles. The second kappa shape index (κ2) is 8.42. The molecule has 0 radical (unpaired) electrons. The number of thiazole rings is 1. The highest BCUT2D eigenvalue weighted by molar-refractivity contribution is 8.02. The molecule has 2 atom stereocenters. The third-order valence-corrected chi connectivity index (χ3v) is 6.80. The molecule has 3 aromatic rings. The predicted molar refractivity (Wildman–Crippen MR) is 114 cm³/mol. The molecule has 0 saturated heterocycles. The van der Waals surface area contributed by atoms with Gasteiger partial charge in [0.05, 0.1) is 15.5 Å². The van der Waals surface area contributed by atoms with E-state index >= 15 is 0 Å². The van der Waals surface area contributed by atoms with Crippen molar-refractivity contribution in [1.29, 1.82) is 0 Å². The molecule has 0 aliphatic carbocycles. The molecule has 3 rings (SSSR count). The van der Waals surface area contributed by atoms with Crippen LogP contribution in [-0.2, 0) is 4.79 Å². The molecule has 136 valence electrons. The maximum Gasteiger partial charge on any atom is 0.237 e. The van der Waals surface area contributed by atoms with E-state index in [1.54, 1.807) is 11.3 Å². The van der Waals surface area contributed by atoms with Gasteiger partial charge in [-0.15, -0.1) is 11.3 Å². The van der Waals surface area contributed by atoms with E-state index in [9.17, 15) is 4.79 Å². The second-order valence-corrected chi connectivity index (χ2v) is 9.29. The second-order valence-electron chi connectivity index (χ2n) is 6.24. The lowest BCUT2D eigenvalue weighted by molar-refractivity contribution is -0.115. The molecule has 1 N–H and O–H groups in total. The SMILES string of the molecule is CC[C@@H](C)c1ccccc1NC(=O)[C@H](C)Sc1nc2cc(Cl)ccc2s1. The van der Waals surface area contributed by atoms with Crippen LogP contribution < -0.4 is 5.32 Å². The van der Waals surface area contributed by atoms with E-state index in [-0.39, 0.29) is 11.2 Å². The van der Waals surface area contributed by atoms with Gasteiger partial charge in [-0.25, -0.2) is 4.98 Å². The van der Waals surface area contributed by atoms with Crippen LogP contribution in [0.1, 0.15) is 38.7 Å². The van der Waals surface area contributed by atoms with Crippen LogP contribution in [0.2, 0.25) is 5.02 Å². The first-order valence-electron chi connectivity index (χ1n) is 8.60. The van der Waals surface area contributed by atoms with Gasteiger partial charge in [-0.3, -0.25) is 4.79 Å². The van der Waals surface area contributed by atoms with Crippen molar-refractivity contribution in [3.8, 4) is 0 Å². The van der Waals surface area contributed by atoms with Crippen LogP contribution >= 0.6 is 34.7 Å². The summed E-state index contributed by atoms with van der Waals surface area (Å²) in [5.41, 5.74) is 2.95. The van der Waals surface area contributed by atoms with Crippen LogP contribution in [0.3, 0.4) is 0 Å². The van der Waals surface area contributed by atoms with Gasteiger partial charge in [0.1, 0.15) is 0 Å². The van der Waals surface area contributed by atoms with Crippen LogP contribution in [0.15, 0.2) is 46.8 Å². The Balaban J connectivity index is 1.71. The zero-order valence-corrected chi connectivity index (χ0v) is 17.3. The number of carbonyl (C=O) groups excluding carboxylic acids is 1. The van der Waals surface area contributed by atoms with Gasteiger partial charge >= 0.3 is 0 Å². The van der Waals surface area contributed by atoms with E-state index in [2.05, 4.69) is 30.2 Å². The molecule has 26 heavy (non-hydrogen) atoms. The van der Waals surface area contributed by atoms with Crippen molar-refractivity contribution in [2.75, 3.05) is 5.32 Å². The minimum absolute atomic E-state index is 0.0111. The molecule has 6 heteroatoms. The number of thioether (sulfide) groups is 1. The summed E-state index contributed by atoms with van der Waals surface area (Å²) < 4.78 is 1.95. The number of hydrogen-bond acceptors (Lipinski definition) is 4. The zero-order valence-electron chi connectivity index (χ0n) is 15.0. The normalized spacial score (nSPS) is 13.5. The van der Waals surface area contributed by atoms with Crippen LogP contribution in [0.25, 0.3) is 10.2 Å². The van der Waals surface area contributed by atoms with Gasteiger partial charge in [0, 0.05) is 10.7 Å². The summed E-state index contributed by atoms with van der Waals surface area (Å²) in [7, 11) is 0. The zero-order chi connectivity index (χ0) is 18.7. The smallest absolute Gasteiger partial charge is 0.237 e. The Labute approximate surface area is 167 Å². The number of benzene rings is 2. The van der Waals surface area contributed by atoms with Crippen molar-refractivity contribution in [1.82, 2.24) is 4.98 Å². The third kappa shape index (κ3) is 4.40. The molecule has 0 aliphatic heterocycles. The number of hydrogen-bond donors (Lipinski definition) is 1. The molecule has 0 aliphatic rings. The van der Waals surface area contributed by atoms with E-state index in [0.717, 1.165) is 26.7 Å². The van der Waals surface area contributed by atoms with Gasteiger partial charge in [0.15, 0.2) is 4.34 Å². The quantitative estimate of drug-likeness (QED) is 0.471. The first-order chi connectivity index (χ1) is 12.5. The van der Waals surface area contributed by atoms with E-state index in [4.69, 9.17) is 11.6 Å². The lowest BCUT2D eigenvalue weighted by atomic mass is 9.97. The Morgan fingerprint density at radius 2 is 2.04 bits per heavy atom. The van der Waals surface area contributed by atoms with E-state index < -0.39 is 0 Å². The first-order valence-corrected chi connectivity index (χ1v) is 10.7. The number of anilines is 1. The van der Waals surface area contributed by atoms with Gasteiger partial charge in [-0.1, -0.05) is 55.4 Å². The Hall–Kier alpha value is -1.56. The van der Waals surface area contributed by atoms with E-state index in [1.807, 2.05) is 43.3 Å². The number of halogens is 1. The number of carbonyl (C=O) groups is 1. The topological polar surface area (TPSA) is 42.0 Å². The standard InChI is InChI=1S/C20H21ClN2OS2/c1-4-12(2)15-7-5-6-8-16(15)22-19(24)13(3)25-20-23-17-11-14(21)9-10-18(17)26-20/h5-13H,4H2,1-3H3,(H,22,24)/t12-,13+/m1/s1. The lowest BCUT2D eigenvalue weighted by Gasteiger charge is -2.17.